The van der Waals surface area contributed by atoms with Gasteiger partial charge < -0.3 is 19.7 Å². The predicted molar refractivity (Wildman–Crippen MR) is 93.7 cm³/mol. The monoisotopic (exact) mass is 340 g/mol. The van der Waals surface area contributed by atoms with E-state index < -0.39 is 6.04 Å². The number of ether oxygens (including phenoxy) is 2. The first-order valence-electron chi connectivity index (χ1n) is 7.93. The Bertz CT molecular complexity index is 802. The molecule has 2 aromatic carbocycles. The number of hydrogen-bond donors (Lipinski definition) is 1. The van der Waals surface area contributed by atoms with E-state index in [0.29, 0.717) is 12.3 Å². The van der Waals surface area contributed by atoms with E-state index in [0.717, 1.165) is 22.6 Å². The lowest BCUT2D eigenvalue weighted by Gasteiger charge is -2.18. The maximum absolute atomic E-state index is 12.9. The van der Waals surface area contributed by atoms with Crippen LogP contribution in [0.15, 0.2) is 42.5 Å². The molecule has 1 atom stereocenters. The molecule has 1 N–H and O–H groups in total. The fourth-order valence-electron chi connectivity index (χ4n) is 2.96. The summed E-state index contributed by atoms with van der Waals surface area (Å²) in [6.45, 7) is 1.82. The van der Waals surface area contributed by atoms with E-state index in [4.69, 9.17) is 9.47 Å². The standard InChI is InChI=1S/C19H20N2O4/c1-12(22)20-18-16-10-15(25-3)8-9-17(16)21(19(18)23)11-13-4-6-14(24-2)7-5-13/h4-10,18H,11H2,1-3H3,(H,20,22)/t18-/m1/s1. The lowest BCUT2D eigenvalue weighted by atomic mass is 10.1. The van der Waals surface area contributed by atoms with Crippen LogP contribution in [-0.2, 0) is 16.1 Å². The van der Waals surface area contributed by atoms with Gasteiger partial charge in [-0.25, -0.2) is 0 Å². The number of hydrogen-bond acceptors (Lipinski definition) is 4. The molecule has 0 unspecified atom stereocenters. The average Bonchev–Trinajstić information content (AvgIpc) is 2.87. The maximum Gasteiger partial charge on any atom is 0.254 e. The van der Waals surface area contributed by atoms with Crippen molar-refractivity contribution in [2.24, 2.45) is 0 Å². The minimum Gasteiger partial charge on any atom is -0.497 e. The van der Waals surface area contributed by atoms with E-state index in [-0.39, 0.29) is 11.8 Å². The van der Waals surface area contributed by atoms with Crippen LogP contribution in [-0.4, -0.2) is 26.0 Å². The summed E-state index contributed by atoms with van der Waals surface area (Å²) in [6.07, 6.45) is 0. The number of benzene rings is 2. The van der Waals surface area contributed by atoms with Gasteiger partial charge in [-0.1, -0.05) is 12.1 Å². The van der Waals surface area contributed by atoms with Crippen LogP contribution in [0.3, 0.4) is 0 Å². The summed E-state index contributed by atoms with van der Waals surface area (Å²) in [7, 11) is 3.18. The number of carbonyl (C=O) groups is 2. The summed E-state index contributed by atoms with van der Waals surface area (Å²) in [4.78, 5) is 26.1. The number of amides is 2. The number of nitrogens with one attached hydrogen (secondary N) is 1. The smallest absolute Gasteiger partial charge is 0.254 e. The fourth-order valence-corrected chi connectivity index (χ4v) is 2.96. The largest absolute Gasteiger partial charge is 0.497 e. The van der Waals surface area contributed by atoms with Crippen molar-refractivity contribution in [1.29, 1.82) is 0 Å². The van der Waals surface area contributed by atoms with Crippen LogP contribution >= 0.6 is 0 Å². The van der Waals surface area contributed by atoms with Crippen molar-refractivity contribution in [1.82, 2.24) is 5.32 Å². The second-order valence-electron chi connectivity index (χ2n) is 5.83. The molecule has 0 saturated heterocycles. The third-order valence-electron chi connectivity index (χ3n) is 4.20. The molecular formula is C19H20N2O4. The molecule has 6 heteroatoms. The van der Waals surface area contributed by atoms with E-state index in [1.165, 1.54) is 6.92 Å². The van der Waals surface area contributed by atoms with Crippen LogP contribution in [0, 0.1) is 0 Å². The number of rotatable bonds is 5. The van der Waals surface area contributed by atoms with Gasteiger partial charge in [0.15, 0.2) is 0 Å². The summed E-state index contributed by atoms with van der Waals surface area (Å²) >= 11 is 0. The van der Waals surface area contributed by atoms with Crippen molar-refractivity contribution < 1.29 is 19.1 Å². The summed E-state index contributed by atoms with van der Waals surface area (Å²) in [5, 5.41) is 2.73. The van der Waals surface area contributed by atoms with Crippen LogP contribution in [0.1, 0.15) is 24.1 Å². The van der Waals surface area contributed by atoms with Gasteiger partial charge in [-0.2, -0.15) is 0 Å². The molecular weight excluding hydrogens is 320 g/mol. The van der Waals surface area contributed by atoms with Gasteiger partial charge in [0, 0.05) is 12.5 Å². The molecule has 0 spiro atoms. The molecule has 0 saturated carbocycles. The van der Waals surface area contributed by atoms with Crippen LogP contribution in [0.4, 0.5) is 5.69 Å². The van der Waals surface area contributed by atoms with E-state index in [1.54, 1.807) is 25.2 Å². The Morgan fingerprint density at radius 3 is 2.32 bits per heavy atom. The highest BCUT2D eigenvalue weighted by molar-refractivity contribution is 6.06. The summed E-state index contributed by atoms with van der Waals surface area (Å²) in [6, 6.07) is 12.3. The van der Waals surface area contributed by atoms with Crippen LogP contribution < -0.4 is 19.7 Å². The lowest BCUT2D eigenvalue weighted by molar-refractivity contribution is -0.126. The molecule has 0 aliphatic carbocycles. The van der Waals surface area contributed by atoms with Gasteiger partial charge in [-0.05, 0) is 35.9 Å². The van der Waals surface area contributed by atoms with Gasteiger partial charge in [0.05, 0.1) is 26.5 Å². The fraction of sp³-hybridized carbons (Fsp3) is 0.263. The Hall–Kier alpha value is -3.02. The van der Waals surface area contributed by atoms with Gasteiger partial charge in [-0.15, -0.1) is 0 Å². The molecule has 2 aromatic rings. The molecule has 0 fully saturated rings. The van der Waals surface area contributed by atoms with Gasteiger partial charge in [0.2, 0.25) is 5.91 Å². The minimum absolute atomic E-state index is 0.158. The van der Waals surface area contributed by atoms with Crippen LogP contribution in [0.2, 0.25) is 0 Å². The summed E-state index contributed by atoms with van der Waals surface area (Å²) < 4.78 is 10.4. The van der Waals surface area contributed by atoms with E-state index >= 15 is 0 Å². The average molecular weight is 340 g/mol. The topological polar surface area (TPSA) is 67.9 Å². The van der Waals surface area contributed by atoms with E-state index in [2.05, 4.69) is 5.32 Å². The zero-order chi connectivity index (χ0) is 18.0. The second kappa shape index (κ2) is 6.84. The molecule has 130 valence electrons. The van der Waals surface area contributed by atoms with E-state index in [1.807, 2.05) is 36.4 Å². The van der Waals surface area contributed by atoms with Gasteiger partial charge in [-0.3, -0.25) is 9.59 Å². The Balaban J connectivity index is 1.94. The van der Waals surface area contributed by atoms with Gasteiger partial charge in [0.25, 0.3) is 5.91 Å². The molecule has 1 aliphatic heterocycles. The first-order valence-corrected chi connectivity index (χ1v) is 7.93. The Labute approximate surface area is 146 Å². The molecule has 3 rings (SSSR count). The summed E-state index contributed by atoms with van der Waals surface area (Å²) in [5.41, 5.74) is 2.49. The third kappa shape index (κ3) is 3.28. The van der Waals surface area contributed by atoms with Crippen molar-refractivity contribution in [3.8, 4) is 11.5 Å². The summed E-state index contributed by atoms with van der Waals surface area (Å²) in [5.74, 6) is 0.999. The molecule has 2 amide bonds. The van der Waals surface area contributed by atoms with Gasteiger partial charge >= 0.3 is 0 Å². The van der Waals surface area contributed by atoms with Crippen molar-refractivity contribution in [3.05, 3.63) is 53.6 Å². The Morgan fingerprint density at radius 2 is 1.72 bits per heavy atom. The highest BCUT2D eigenvalue weighted by Crippen LogP contribution is 2.39. The molecule has 0 aromatic heterocycles. The number of anilines is 1. The third-order valence-corrected chi connectivity index (χ3v) is 4.20. The second-order valence-corrected chi connectivity index (χ2v) is 5.83. The van der Waals surface area contributed by atoms with E-state index in [9.17, 15) is 9.59 Å². The molecule has 0 bridgehead atoms. The molecule has 1 aliphatic rings. The lowest BCUT2D eigenvalue weighted by Crippen LogP contribution is -2.36. The molecule has 1 heterocycles. The Kier molecular flexibility index (Phi) is 4.61. The normalized spacial score (nSPS) is 15.7. The number of nitrogens with zero attached hydrogens (tertiary/aromatic N) is 1. The van der Waals surface area contributed by atoms with Crippen LogP contribution in [0.5, 0.6) is 11.5 Å². The first kappa shape index (κ1) is 16.8. The first-order chi connectivity index (χ1) is 12.0. The minimum atomic E-state index is -0.694. The quantitative estimate of drug-likeness (QED) is 0.908. The van der Waals surface area contributed by atoms with Gasteiger partial charge in [0.1, 0.15) is 17.5 Å². The maximum atomic E-state index is 12.9. The number of fused-ring (bicyclic) bond motifs is 1. The van der Waals surface area contributed by atoms with Crippen molar-refractivity contribution in [2.75, 3.05) is 19.1 Å². The zero-order valence-electron chi connectivity index (χ0n) is 14.4. The highest BCUT2D eigenvalue weighted by atomic mass is 16.5. The van der Waals surface area contributed by atoms with Crippen molar-refractivity contribution in [3.63, 3.8) is 0 Å². The van der Waals surface area contributed by atoms with Crippen LogP contribution in [0.25, 0.3) is 0 Å². The number of carbonyl (C=O) groups excluding carboxylic acids is 2. The highest BCUT2D eigenvalue weighted by Gasteiger charge is 2.38. The van der Waals surface area contributed by atoms with Crippen molar-refractivity contribution in [2.45, 2.75) is 19.5 Å². The Morgan fingerprint density at radius 1 is 1.08 bits per heavy atom. The predicted octanol–water partition coefficient (Wildman–Crippen LogP) is 2.43. The molecule has 25 heavy (non-hydrogen) atoms. The SMILES string of the molecule is COc1ccc(CN2C(=O)[C@H](NC(C)=O)c3cc(OC)ccc32)cc1. The zero-order valence-corrected chi connectivity index (χ0v) is 14.4. The molecule has 6 nitrogen and oxygen atoms in total. The number of methoxy groups -OCH3 is 2. The molecule has 0 radical (unpaired) electrons. The van der Waals surface area contributed by atoms with Crippen molar-refractivity contribution >= 4 is 17.5 Å².